The Hall–Kier alpha value is -4.66. The summed E-state index contributed by atoms with van der Waals surface area (Å²) in [5, 5.41) is 10.9. The highest BCUT2D eigenvalue weighted by Crippen LogP contribution is 2.38. The summed E-state index contributed by atoms with van der Waals surface area (Å²) in [5.74, 6) is -0.0842. The molecule has 9 nitrogen and oxygen atoms in total. The lowest BCUT2D eigenvalue weighted by Crippen LogP contribution is -2.41. The van der Waals surface area contributed by atoms with E-state index in [1.165, 1.54) is 9.36 Å². The topological polar surface area (TPSA) is 88.3 Å². The molecule has 2 aliphatic heterocycles. The van der Waals surface area contributed by atoms with Crippen molar-refractivity contribution in [2.75, 3.05) is 33.2 Å². The maximum atomic E-state index is 13.4. The summed E-state index contributed by atoms with van der Waals surface area (Å²) in [5.41, 5.74) is 2.56. The molecule has 15 heteroatoms. The highest BCUT2D eigenvalue weighted by atomic mass is 19.4. The van der Waals surface area contributed by atoms with E-state index >= 15 is 0 Å². The molecular weight excluding hydrogens is 700 g/mol. The zero-order chi connectivity index (χ0) is 37.5. The van der Waals surface area contributed by atoms with Crippen molar-refractivity contribution >= 4 is 11.8 Å². The van der Waals surface area contributed by atoms with E-state index in [9.17, 15) is 35.9 Å². The van der Waals surface area contributed by atoms with Crippen molar-refractivity contribution < 1.29 is 35.9 Å². The number of amides is 2. The van der Waals surface area contributed by atoms with Crippen LogP contribution in [0.5, 0.6) is 0 Å². The fourth-order valence-electron chi connectivity index (χ4n) is 7.64. The number of nitrogens with zero attached hydrogens (tertiary/aromatic N) is 6. The van der Waals surface area contributed by atoms with Gasteiger partial charge in [-0.05, 0) is 120 Å². The van der Waals surface area contributed by atoms with Crippen LogP contribution in [0.25, 0.3) is 11.4 Å². The molecule has 2 aromatic heterocycles. The van der Waals surface area contributed by atoms with E-state index in [0.29, 0.717) is 89.8 Å². The normalized spacial score (nSPS) is 18.5. The van der Waals surface area contributed by atoms with E-state index in [2.05, 4.69) is 15.5 Å². The van der Waals surface area contributed by atoms with Gasteiger partial charge in [0.1, 0.15) is 0 Å². The second-order valence-corrected chi connectivity index (χ2v) is 14.0. The van der Waals surface area contributed by atoms with Crippen LogP contribution in [0, 0.1) is 0 Å². The van der Waals surface area contributed by atoms with Crippen molar-refractivity contribution in [1.29, 1.82) is 0 Å². The summed E-state index contributed by atoms with van der Waals surface area (Å²) in [7, 11) is 1.88. The summed E-state index contributed by atoms with van der Waals surface area (Å²) in [6.07, 6.45) is -1.76. The number of likely N-dealkylation sites (N-methyl/N-ethyl adjacent to an activating group) is 1. The number of hydrogen-bond donors (Lipinski definition) is 1. The minimum atomic E-state index is -4.46. The maximum Gasteiger partial charge on any atom is 0.435 e. The number of carbonyl (C=O) groups excluding carboxylic acids is 2. The third kappa shape index (κ3) is 7.44. The smallest absolute Gasteiger partial charge is 0.339 e. The van der Waals surface area contributed by atoms with Crippen molar-refractivity contribution in [3.8, 4) is 11.4 Å². The molecule has 1 atom stereocenters. The summed E-state index contributed by atoms with van der Waals surface area (Å²) < 4.78 is 82.8. The van der Waals surface area contributed by atoms with Crippen LogP contribution in [0.3, 0.4) is 0 Å². The molecule has 0 radical (unpaired) electrons. The first kappa shape index (κ1) is 36.7. The van der Waals surface area contributed by atoms with Crippen molar-refractivity contribution in [2.24, 2.45) is 0 Å². The van der Waals surface area contributed by atoms with Gasteiger partial charge in [-0.15, -0.1) is 0 Å². The first-order valence-electron chi connectivity index (χ1n) is 18.2. The number of halogens is 6. The molecule has 4 heterocycles. The number of likely N-dealkylation sites (tertiary alicyclic amines) is 2. The molecule has 2 fully saturated rings. The number of nitrogens with one attached hydrogen (secondary N) is 1. The molecule has 2 aromatic carbocycles. The fraction of sp³-hybridized carbons (Fsp3) is 0.474. The number of rotatable bonds is 5. The average molecular weight is 742 g/mol. The first-order valence-corrected chi connectivity index (χ1v) is 18.2. The lowest BCUT2D eigenvalue weighted by atomic mass is 9.95. The maximum absolute atomic E-state index is 13.4. The van der Waals surface area contributed by atoms with E-state index in [1.54, 1.807) is 58.3 Å². The molecule has 0 spiro atoms. The third-order valence-electron chi connectivity index (χ3n) is 10.6. The number of hydrogen-bond acceptors (Lipinski definition) is 5. The zero-order valence-electron chi connectivity index (χ0n) is 29.4. The van der Waals surface area contributed by atoms with Gasteiger partial charge in [0, 0.05) is 65.9 Å². The van der Waals surface area contributed by atoms with Crippen molar-refractivity contribution in [2.45, 2.75) is 82.6 Å². The van der Waals surface area contributed by atoms with Crippen LogP contribution in [0.1, 0.15) is 93.1 Å². The number of benzene rings is 2. The molecule has 2 saturated heterocycles. The second kappa shape index (κ2) is 14.6. The van der Waals surface area contributed by atoms with E-state index in [1.807, 2.05) is 7.05 Å². The van der Waals surface area contributed by atoms with Gasteiger partial charge < -0.3 is 15.1 Å². The summed E-state index contributed by atoms with van der Waals surface area (Å²) in [6, 6.07) is 13.7. The van der Waals surface area contributed by atoms with Crippen LogP contribution in [0.4, 0.5) is 26.3 Å². The van der Waals surface area contributed by atoms with Crippen molar-refractivity contribution in [1.82, 2.24) is 34.7 Å². The average Bonchev–Trinajstić information content (AvgIpc) is 3.87. The van der Waals surface area contributed by atoms with Gasteiger partial charge in [0.05, 0.1) is 11.4 Å². The quantitative estimate of drug-likeness (QED) is 0.227. The third-order valence-corrected chi connectivity index (χ3v) is 10.6. The molecule has 0 bridgehead atoms. The number of carbonyl (C=O) groups is 2. The highest BCUT2D eigenvalue weighted by molar-refractivity contribution is 5.95. The van der Waals surface area contributed by atoms with Gasteiger partial charge in [0.15, 0.2) is 11.4 Å². The van der Waals surface area contributed by atoms with Gasteiger partial charge in [-0.3, -0.25) is 9.59 Å². The van der Waals surface area contributed by atoms with E-state index in [0.717, 1.165) is 51.6 Å². The van der Waals surface area contributed by atoms with Crippen molar-refractivity contribution in [3.05, 3.63) is 93.6 Å². The van der Waals surface area contributed by atoms with Gasteiger partial charge in [0.2, 0.25) is 0 Å². The summed E-state index contributed by atoms with van der Waals surface area (Å²) in [4.78, 5) is 28.4. The predicted octanol–water partition coefficient (Wildman–Crippen LogP) is 6.82. The molecule has 2 amide bonds. The molecule has 4 aliphatic rings. The number of aromatic nitrogens is 4. The van der Waals surface area contributed by atoms with Crippen molar-refractivity contribution in [3.63, 3.8) is 0 Å². The van der Waals surface area contributed by atoms with E-state index < -0.39 is 23.7 Å². The van der Waals surface area contributed by atoms with Gasteiger partial charge in [-0.25, -0.2) is 9.36 Å². The van der Waals surface area contributed by atoms with Crippen LogP contribution in [-0.2, 0) is 38.0 Å². The van der Waals surface area contributed by atoms with Gasteiger partial charge in [-0.1, -0.05) is 0 Å². The van der Waals surface area contributed by atoms with Gasteiger partial charge >= 0.3 is 12.4 Å². The summed E-state index contributed by atoms with van der Waals surface area (Å²) >= 11 is 0. The molecule has 2 aliphatic carbocycles. The minimum Gasteiger partial charge on any atom is -0.339 e. The number of fused-ring (bicyclic) bond motifs is 2. The number of alkyl halides is 6. The molecule has 0 saturated carbocycles. The molecular formula is C38H41F6N7O2. The van der Waals surface area contributed by atoms with E-state index in [-0.39, 0.29) is 11.8 Å². The van der Waals surface area contributed by atoms with Crippen LogP contribution in [0.2, 0.25) is 0 Å². The highest BCUT2D eigenvalue weighted by Gasteiger charge is 2.41. The molecule has 53 heavy (non-hydrogen) atoms. The van der Waals surface area contributed by atoms with Crippen LogP contribution in [-0.4, -0.2) is 80.4 Å². The van der Waals surface area contributed by atoms with Gasteiger partial charge in [-0.2, -0.15) is 36.5 Å². The van der Waals surface area contributed by atoms with E-state index in [4.69, 9.17) is 0 Å². The Morgan fingerprint density at radius 2 is 1.06 bits per heavy atom. The molecule has 1 unspecified atom stereocenters. The Bertz CT molecular complexity index is 1960. The molecule has 4 aromatic rings. The van der Waals surface area contributed by atoms with Crippen LogP contribution >= 0.6 is 0 Å². The zero-order valence-corrected chi connectivity index (χ0v) is 29.4. The fourth-order valence-corrected chi connectivity index (χ4v) is 7.64. The van der Waals surface area contributed by atoms with Gasteiger partial charge in [0.25, 0.3) is 11.8 Å². The largest absolute Gasteiger partial charge is 0.435 e. The Labute approximate surface area is 302 Å². The SMILES string of the molecule is CNC1CCN(C(=O)c2ccc(-n3nc(C(F)(F)F)c4c3CCCC4)cc2)C1.O=C(c1ccc(-n2nc(C(F)(F)F)c3c2CCCC3)cc1)N1CCC1. The first-order chi connectivity index (χ1) is 25.3. The lowest BCUT2D eigenvalue weighted by molar-refractivity contribution is -0.142. The molecule has 8 rings (SSSR count). The monoisotopic (exact) mass is 741 g/mol. The van der Waals surface area contributed by atoms with Crippen LogP contribution in [0.15, 0.2) is 48.5 Å². The second-order valence-electron chi connectivity index (χ2n) is 14.0. The standard InChI is InChI=1S/C20H23F3N4O.C18H18F3N3O/c1-24-14-10-11-26(12-14)19(28)13-6-8-15(9-7-13)27-17-5-3-2-4-16(17)18(25-27)20(21,22)23;19-18(20,21)16-14-4-1-2-5-15(14)24(22-16)13-8-6-12(7-9-13)17(25)23-10-3-11-23/h6-9,14,24H,2-5,10-12H2,1H3;6-9H,1-5,10-11H2. The lowest BCUT2D eigenvalue weighted by Gasteiger charge is -2.30. The molecule has 1 N–H and O–H groups in total. The Balaban J connectivity index is 0.000000165. The minimum absolute atomic E-state index is 0.0312. The Morgan fingerprint density at radius 1 is 0.623 bits per heavy atom. The summed E-state index contributed by atoms with van der Waals surface area (Å²) in [6.45, 7) is 2.90. The molecule has 282 valence electrons. The predicted molar refractivity (Wildman–Crippen MR) is 184 cm³/mol. The Kier molecular flexibility index (Phi) is 10.1. The Morgan fingerprint density at radius 3 is 1.43 bits per heavy atom. The van der Waals surface area contributed by atoms with Crippen LogP contribution < -0.4 is 5.32 Å².